The number of nitrogens with one attached hydrogen (secondary N) is 1. The predicted molar refractivity (Wildman–Crippen MR) is 60.5 cm³/mol. The lowest BCUT2D eigenvalue weighted by Crippen LogP contribution is -2.47. The molecule has 0 aromatic carbocycles. The summed E-state index contributed by atoms with van der Waals surface area (Å²) in [6.45, 7) is 3.49. The molecule has 82 valence electrons. The van der Waals surface area contributed by atoms with Gasteiger partial charge in [0, 0.05) is 18.1 Å². The topological polar surface area (TPSA) is 15.3 Å². The molecule has 2 atom stereocenters. The Kier molecular flexibility index (Phi) is 3.45. The summed E-state index contributed by atoms with van der Waals surface area (Å²) in [7, 11) is 2.31. The van der Waals surface area contributed by atoms with Gasteiger partial charge in [-0.1, -0.05) is 13.3 Å². The van der Waals surface area contributed by atoms with Crippen LogP contribution in [0.3, 0.4) is 0 Å². The van der Waals surface area contributed by atoms with Crippen molar-refractivity contribution >= 4 is 0 Å². The molecular weight excluding hydrogens is 172 g/mol. The molecule has 2 aliphatic rings. The Balaban J connectivity index is 1.76. The average Bonchev–Trinajstić information content (AvgIpc) is 2.41. The molecule has 1 N–H and O–H groups in total. The molecule has 2 bridgehead atoms. The normalized spacial score (nSPS) is 37.7. The summed E-state index contributed by atoms with van der Waals surface area (Å²) in [5.74, 6) is 0. The minimum Gasteiger partial charge on any atom is -0.314 e. The van der Waals surface area contributed by atoms with Gasteiger partial charge in [-0.15, -0.1) is 0 Å². The smallest absolute Gasteiger partial charge is 0.0111 e. The van der Waals surface area contributed by atoms with Crippen LogP contribution in [0.4, 0.5) is 0 Å². The fraction of sp³-hybridized carbons (Fsp3) is 1.00. The zero-order chi connectivity index (χ0) is 9.97. The van der Waals surface area contributed by atoms with Crippen LogP contribution in [-0.4, -0.2) is 36.6 Å². The molecular formula is C12H24N2. The molecule has 2 fully saturated rings. The molecule has 2 aliphatic heterocycles. The molecule has 2 saturated heterocycles. The lowest BCUT2D eigenvalue weighted by Gasteiger charge is -2.36. The molecule has 2 rings (SSSR count). The average molecular weight is 196 g/mol. The highest BCUT2D eigenvalue weighted by Gasteiger charge is 2.37. The first kappa shape index (κ1) is 10.4. The van der Waals surface area contributed by atoms with Crippen molar-refractivity contribution < 1.29 is 0 Å². The molecule has 2 nitrogen and oxygen atoms in total. The van der Waals surface area contributed by atoms with E-state index in [4.69, 9.17) is 0 Å². The Morgan fingerprint density at radius 3 is 2.43 bits per heavy atom. The lowest BCUT2D eigenvalue weighted by atomic mass is 9.98. The SMILES string of the molecule is CCCCNC1C[C@@H]2CC[C@@H](C1)N2C. The Hall–Kier alpha value is -0.0800. The van der Waals surface area contributed by atoms with Crippen LogP contribution in [0.25, 0.3) is 0 Å². The van der Waals surface area contributed by atoms with Gasteiger partial charge in [-0.3, -0.25) is 0 Å². The van der Waals surface area contributed by atoms with Crippen LogP contribution in [0, 0.1) is 0 Å². The van der Waals surface area contributed by atoms with Gasteiger partial charge in [0.15, 0.2) is 0 Å². The minimum atomic E-state index is 0.815. The lowest BCUT2D eigenvalue weighted by molar-refractivity contribution is 0.149. The quantitative estimate of drug-likeness (QED) is 0.692. The van der Waals surface area contributed by atoms with E-state index in [1.54, 1.807) is 0 Å². The van der Waals surface area contributed by atoms with Crippen LogP contribution in [0.15, 0.2) is 0 Å². The third kappa shape index (κ3) is 2.12. The fourth-order valence-corrected chi connectivity index (χ4v) is 3.06. The maximum absolute atomic E-state index is 3.72. The van der Waals surface area contributed by atoms with Crippen molar-refractivity contribution in [1.82, 2.24) is 10.2 Å². The van der Waals surface area contributed by atoms with Gasteiger partial charge in [0.2, 0.25) is 0 Å². The van der Waals surface area contributed by atoms with Gasteiger partial charge in [-0.2, -0.15) is 0 Å². The van der Waals surface area contributed by atoms with Gasteiger partial charge < -0.3 is 10.2 Å². The molecule has 0 aromatic heterocycles. The Labute approximate surface area is 88.1 Å². The van der Waals surface area contributed by atoms with Crippen LogP contribution >= 0.6 is 0 Å². The minimum absolute atomic E-state index is 0.815. The molecule has 2 heterocycles. The van der Waals surface area contributed by atoms with Gasteiger partial charge in [0.1, 0.15) is 0 Å². The van der Waals surface area contributed by atoms with Crippen molar-refractivity contribution in [2.75, 3.05) is 13.6 Å². The number of rotatable bonds is 4. The first-order chi connectivity index (χ1) is 6.81. The predicted octanol–water partition coefficient (Wildman–Crippen LogP) is 2.00. The molecule has 14 heavy (non-hydrogen) atoms. The molecule has 0 spiro atoms. The van der Waals surface area contributed by atoms with E-state index in [2.05, 4.69) is 24.2 Å². The summed E-state index contributed by atoms with van der Waals surface area (Å²) in [6.07, 6.45) is 8.29. The maximum Gasteiger partial charge on any atom is 0.0111 e. The molecule has 0 aromatic rings. The first-order valence-electron chi connectivity index (χ1n) is 6.26. The molecule has 0 radical (unpaired) electrons. The van der Waals surface area contributed by atoms with Gasteiger partial charge in [0.25, 0.3) is 0 Å². The van der Waals surface area contributed by atoms with Crippen molar-refractivity contribution in [2.24, 2.45) is 0 Å². The summed E-state index contributed by atoms with van der Waals surface area (Å²) >= 11 is 0. The Morgan fingerprint density at radius 2 is 1.86 bits per heavy atom. The molecule has 0 aliphatic carbocycles. The summed E-state index contributed by atoms with van der Waals surface area (Å²) in [4.78, 5) is 2.61. The van der Waals surface area contributed by atoms with Crippen LogP contribution < -0.4 is 5.32 Å². The standard InChI is InChI=1S/C12H24N2/c1-3-4-7-13-10-8-11-5-6-12(9-10)14(11)2/h10-13H,3-9H2,1-2H3/t11-,12-/m0/s1. The molecule has 2 heteroatoms. The Bertz CT molecular complexity index is 167. The van der Waals surface area contributed by atoms with Gasteiger partial charge >= 0.3 is 0 Å². The van der Waals surface area contributed by atoms with Crippen molar-refractivity contribution in [1.29, 1.82) is 0 Å². The summed E-state index contributed by atoms with van der Waals surface area (Å²) in [6, 6.07) is 2.58. The number of unbranched alkanes of at least 4 members (excludes halogenated alkanes) is 1. The van der Waals surface area contributed by atoms with E-state index in [0.717, 1.165) is 18.1 Å². The van der Waals surface area contributed by atoms with Crippen molar-refractivity contribution in [3.8, 4) is 0 Å². The summed E-state index contributed by atoms with van der Waals surface area (Å²) < 4.78 is 0. The van der Waals surface area contributed by atoms with Crippen LogP contribution in [0.2, 0.25) is 0 Å². The van der Waals surface area contributed by atoms with Crippen molar-refractivity contribution in [2.45, 2.75) is 63.6 Å². The monoisotopic (exact) mass is 196 g/mol. The second-order valence-corrected chi connectivity index (χ2v) is 5.03. The number of fused-ring (bicyclic) bond motifs is 2. The van der Waals surface area contributed by atoms with Crippen molar-refractivity contribution in [3.63, 3.8) is 0 Å². The molecule has 0 saturated carbocycles. The van der Waals surface area contributed by atoms with Gasteiger partial charge in [-0.05, 0) is 45.7 Å². The van der Waals surface area contributed by atoms with E-state index >= 15 is 0 Å². The fourth-order valence-electron chi connectivity index (χ4n) is 3.06. The van der Waals surface area contributed by atoms with E-state index < -0.39 is 0 Å². The second-order valence-electron chi connectivity index (χ2n) is 5.03. The number of piperidine rings is 1. The largest absolute Gasteiger partial charge is 0.314 e. The second kappa shape index (κ2) is 4.63. The zero-order valence-electron chi connectivity index (χ0n) is 9.63. The van der Waals surface area contributed by atoms with E-state index in [9.17, 15) is 0 Å². The molecule has 0 amide bonds. The summed E-state index contributed by atoms with van der Waals surface area (Å²) in [5.41, 5.74) is 0. The van der Waals surface area contributed by atoms with Crippen LogP contribution in [-0.2, 0) is 0 Å². The first-order valence-corrected chi connectivity index (χ1v) is 6.26. The number of nitrogens with zero attached hydrogens (tertiary/aromatic N) is 1. The van der Waals surface area contributed by atoms with Crippen LogP contribution in [0.5, 0.6) is 0 Å². The van der Waals surface area contributed by atoms with Gasteiger partial charge in [0.05, 0.1) is 0 Å². The summed E-state index contributed by atoms with van der Waals surface area (Å²) in [5, 5.41) is 3.72. The highest BCUT2D eigenvalue weighted by atomic mass is 15.2. The highest BCUT2D eigenvalue weighted by Crippen LogP contribution is 2.34. The van der Waals surface area contributed by atoms with E-state index in [1.807, 2.05) is 0 Å². The van der Waals surface area contributed by atoms with E-state index in [1.165, 1.54) is 45.1 Å². The third-order valence-electron chi connectivity index (χ3n) is 4.06. The number of hydrogen-bond donors (Lipinski definition) is 1. The Morgan fingerprint density at radius 1 is 1.21 bits per heavy atom. The third-order valence-corrected chi connectivity index (χ3v) is 4.06. The zero-order valence-corrected chi connectivity index (χ0v) is 9.63. The maximum atomic E-state index is 3.72. The highest BCUT2D eigenvalue weighted by molar-refractivity contribution is 4.95. The van der Waals surface area contributed by atoms with E-state index in [-0.39, 0.29) is 0 Å². The van der Waals surface area contributed by atoms with E-state index in [0.29, 0.717) is 0 Å². The molecule has 0 unspecified atom stereocenters. The van der Waals surface area contributed by atoms with Crippen molar-refractivity contribution in [3.05, 3.63) is 0 Å². The van der Waals surface area contributed by atoms with Crippen LogP contribution in [0.1, 0.15) is 45.4 Å². The van der Waals surface area contributed by atoms with Gasteiger partial charge in [-0.25, -0.2) is 0 Å². The number of hydrogen-bond acceptors (Lipinski definition) is 2.